The third-order valence-electron chi connectivity index (χ3n) is 7.67. The third-order valence-corrected chi connectivity index (χ3v) is 8.39. The van der Waals surface area contributed by atoms with Crippen LogP contribution in [0.15, 0.2) is 36.4 Å². The summed E-state index contributed by atoms with van der Waals surface area (Å²) in [6.45, 7) is 6.54. The number of carbonyl (C=O) groups is 1. The van der Waals surface area contributed by atoms with Crippen molar-refractivity contribution in [3.63, 3.8) is 0 Å². The smallest absolute Gasteiger partial charge is 0.237 e. The van der Waals surface area contributed by atoms with Crippen LogP contribution < -0.4 is 5.32 Å². The molecule has 5 rings (SSSR count). The highest BCUT2D eigenvalue weighted by Crippen LogP contribution is 2.67. The first kappa shape index (κ1) is 21.7. The Bertz CT molecular complexity index is 1220. The number of fused-ring (bicyclic) bond motifs is 6. The first-order valence-electron chi connectivity index (χ1n) is 11.4. The van der Waals surface area contributed by atoms with Crippen molar-refractivity contribution in [1.29, 1.82) is 0 Å². The molecular formula is C26H27Cl2N3O. The monoisotopic (exact) mass is 467 g/mol. The Morgan fingerprint density at radius 2 is 1.75 bits per heavy atom. The van der Waals surface area contributed by atoms with Crippen molar-refractivity contribution in [1.82, 2.24) is 9.97 Å². The number of aromatic nitrogens is 2. The molecule has 2 aliphatic carbocycles. The number of rotatable bonds is 5. The van der Waals surface area contributed by atoms with Gasteiger partial charge in [0.15, 0.2) is 0 Å². The van der Waals surface area contributed by atoms with Crippen LogP contribution in [0, 0.1) is 5.41 Å². The molecule has 2 aromatic carbocycles. The van der Waals surface area contributed by atoms with E-state index in [1.807, 2.05) is 12.1 Å². The van der Waals surface area contributed by atoms with Gasteiger partial charge in [-0.05, 0) is 60.9 Å². The van der Waals surface area contributed by atoms with Crippen molar-refractivity contribution in [3.05, 3.63) is 63.4 Å². The molecule has 0 spiro atoms. The van der Waals surface area contributed by atoms with Gasteiger partial charge in [-0.3, -0.25) is 4.79 Å². The van der Waals surface area contributed by atoms with Gasteiger partial charge in [-0.1, -0.05) is 62.5 Å². The molecule has 0 radical (unpaired) electrons. The lowest BCUT2D eigenvalue weighted by molar-refractivity contribution is -0.124. The van der Waals surface area contributed by atoms with Crippen molar-refractivity contribution >= 4 is 45.8 Å². The van der Waals surface area contributed by atoms with Gasteiger partial charge in [0.2, 0.25) is 5.91 Å². The summed E-state index contributed by atoms with van der Waals surface area (Å²) in [6.07, 6.45) is 5.09. The average Bonchev–Trinajstić information content (AvgIpc) is 3.14. The Morgan fingerprint density at radius 3 is 2.41 bits per heavy atom. The zero-order valence-electron chi connectivity index (χ0n) is 18.6. The molecule has 32 heavy (non-hydrogen) atoms. The highest BCUT2D eigenvalue weighted by molar-refractivity contribution is 6.42. The largest absolute Gasteiger partial charge is 0.325 e. The predicted octanol–water partition coefficient (Wildman–Crippen LogP) is 7.07. The van der Waals surface area contributed by atoms with Crippen molar-refractivity contribution in [2.24, 2.45) is 5.41 Å². The molecule has 1 heterocycles. The number of anilines is 1. The van der Waals surface area contributed by atoms with Crippen LogP contribution in [-0.2, 0) is 16.6 Å². The molecule has 0 saturated heterocycles. The molecule has 0 aliphatic heterocycles. The lowest BCUT2D eigenvalue weighted by Crippen LogP contribution is -2.46. The van der Waals surface area contributed by atoms with Gasteiger partial charge in [0, 0.05) is 11.6 Å². The lowest BCUT2D eigenvalue weighted by atomic mass is 9.67. The Kier molecular flexibility index (Phi) is 5.22. The molecule has 2 unspecified atom stereocenters. The lowest BCUT2D eigenvalue weighted by Gasteiger charge is -2.36. The Morgan fingerprint density at radius 1 is 1.09 bits per heavy atom. The number of hydrogen-bond acceptors (Lipinski definition) is 3. The molecule has 1 fully saturated rings. The SMILES string of the molecule is CCCCc1ccc(NC(=O)C23CCC(c4nc5cc(Cl)c(Cl)cc5nc42)C3(C)C)cc1. The molecule has 2 aliphatic rings. The van der Waals surface area contributed by atoms with E-state index in [0.29, 0.717) is 15.6 Å². The zero-order valence-corrected chi connectivity index (χ0v) is 20.1. The van der Waals surface area contributed by atoms with Crippen LogP contribution in [0.4, 0.5) is 5.69 Å². The maximum Gasteiger partial charge on any atom is 0.237 e. The highest BCUT2D eigenvalue weighted by Gasteiger charge is 2.67. The summed E-state index contributed by atoms with van der Waals surface area (Å²) in [5, 5.41) is 4.10. The van der Waals surface area contributed by atoms with Crippen molar-refractivity contribution < 1.29 is 4.79 Å². The number of halogens is 2. The second-order valence-electron chi connectivity index (χ2n) is 9.69. The van der Waals surface area contributed by atoms with Gasteiger partial charge in [0.1, 0.15) is 0 Å². The van der Waals surface area contributed by atoms with E-state index >= 15 is 0 Å². The van der Waals surface area contributed by atoms with E-state index < -0.39 is 5.41 Å². The van der Waals surface area contributed by atoms with E-state index in [4.69, 9.17) is 33.2 Å². The van der Waals surface area contributed by atoms with Crippen molar-refractivity contribution in [2.45, 2.75) is 64.2 Å². The van der Waals surface area contributed by atoms with E-state index in [0.717, 1.165) is 41.9 Å². The van der Waals surface area contributed by atoms with Gasteiger partial charge >= 0.3 is 0 Å². The van der Waals surface area contributed by atoms with Gasteiger partial charge in [0.05, 0.1) is 37.9 Å². The fraction of sp³-hybridized carbons (Fsp3) is 0.423. The number of carbonyl (C=O) groups excluding carboxylic acids is 1. The topological polar surface area (TPSA) is 54.9 Å². The van der Waals surface area contributed by atoms with Crippen molar-refractivity contribution in [3.8, 4) is 0 Å². The minimum absolute atomic E-state index is 0.00114. The molecule has 1 amide bonds. The Hall–Kier alpha value is -2.17. The zero-order chi connectivity index (χ0) is 22.7. The number of unbranched alkanes of at least 4 members (excludes halogenated alkanes) is 1. The van der Waals surface area contributed by atoms with Crippen LogP contribution in [0.25, 0.3) is 11.0 Å². The summed E-state index contributed by atoms with van der Waals surface area (Å²) in [4.78, 5) is 23.7. The summed E-state index contributed by atoms with van der Waals surface area (Å²) in [5.41, 5.74) is 4.23. The van der Waals surface area contributed by atoms with Crippen LogP contribution in [0.3, 0.4) is 0 Å². The molecule has 1 aromatic heterocycles. The quantitative estimate of drug-likeness (QED) is 0.436. The molecule has 4 nitrogen and oxygen atoms in total. The first-order chi connectivity index (χ1) is 15.3. The summed E-state index contributed by atoms with van der Waals surface area (Å²) in [6, 6.07) is 11.7. The van der Waals surface area contributed by atoms with Gasteiger partial charge in [0.25, 0.3) is 0 Å². The van der Waals surface area contributed by atoms with Crippen LogP contribution >= 0.6 is 23.2 Å². The summed E-state index contributed by atoms with van der Waals surface area (Å²) >= 11 is 12.5. The van der Waals surface area contributed by atoms with E-state index in [9.17, 15) is 4.79 Å². The predicted molar refractivity (Wildman–Crippen MR) is 131 cm³/mol. The molecule has 166 valence electrons. The maximum absolute atomic E-state index is 13.9. The number of amides is 1. The van der Waals surface area contributed by atoms with Crippen molar-refractivity contribution in [2.75, 3.05) is 5.32 Å². The van der Waals surface area contributed by atoms with Gasteiger partial charge < -0.3 is 5.32 Å². The molecule has 6 heteroatoms. The fourth-order valence-electron chi connectivity index (χ4n) is 5.75. The van der Waals surface area contributed by atoms with E-state index in [-0.39, 0.29) is 17.2 Å². The minimum atomic E-state index is -0.721. The van der Waals surface area contributed by atoms with Crippen LogP contribution in [0.2, 0.25) is 10.0 Å². The number of benzene rings is 2. The Balaban J connectivity index is 1.54. The maximum atomic E-state index is 13.9. The summed E-state index contributed by atoms with van der Waals surface area (Å²) in [7, 11) is 0. The highest BCUT2D eigenvalue weighted by atomic mass is 35.5. The number of nitrogens with one attached hydrogen (secondary N) is 1. The van der Waals surface area contributed by atoms with Crippen LogP contribution in [-0.4, -0.2) is 15.9 Å². The summed E-state index contributed by atoms with van der Waals surface area (Å²) in [5.74, 6) is 0.185. The third kappa shape index (κ3) is 3.07. The van der Waals surface area contributed by atoms with Gasteiger partial charge in [-0.15, -0.1) is 0 Å². The van der Waals surface area contributed by atoms with Gasteiger partial charge in [-0.2, -0.15) is 0 Å². The molecular weight excluding hydrogens is 441 g/mol. The van der Waals surface area contributed by atoms with Crippen LogP contribution in [0.1, 0.15) is 69.3 Å². The summed E-state index contributed by atoms with van der Waals surface area (Å²) < 4.78 is 0. The number of nitrogens with zero attached hydrogens (tertiary/aromatic N) is 2. The Labute approximate surface area is 198 Å². The van der Waals surface area contributed by atoms with E-state index in [2.05, 4.69) is 38.2 Å². The van der Waals surface area contributed by atoms with E-state index in [1.165, 1.54) is 18.4 Å². The standard InChI is InChI=1S/C26H27Cl2N3O/c1-4-5-6-15-7-9-16(10-8-15)29-24(32)26-12-11-17(25(26,2)3)22-23(26)31-21-14-19(28)18(27)13-20(21)30-22/h7-10,13-14,17H,4-6,11-12H2,1-3H3,(H,29,32). The van der Waals surface area contributed by atoms with E-state index in [1.54, 1.807) is 12.1 Å². The second-order valence-corrected chi connectivity index (χ2v) is 10.5. The number of hydrogen-bond donors (Lipinski definition) is 1. The normalized spacial score (nSPS) is 22.8. The molecule has 2 bridgehead atoms. The molecule has 3 aromatic rings. The van der Waals surface area contributed by atoms with Gasteiger partial charge in [-0.25, -0.2) is 9.97 Å². The second kappa shape index (κ2) is 7.71. The molecule has 1 N–H and O–H groups in total. The molecule has 1 saturated carbocycles. The van der Waals surface area contributed by atoms with Crippen LogP contribution in [0.5, 0.6) is 0 Å². The fourth-order valence-corrected chi connectivity index (χ4v) is 6.07. The number of aryl methyl sites for hydroxylation is 1. The minimum Gasteiger partial charge on any atom is -0.325 e. The average molecular weight is 468 g/mol. The first-order valence-corrected chi connectivity index (χ1v) is 12.1. The molecule has 2 atom stereocenters.